The third-order valence-corrected chi connectivity index (χ3v) is 3.52. The van der Waals surface area contributed by atoms with Gasteiger partial charge in [-0.25, -0.2) is 8.78 Å². The second-order valence-electron chi connectivity index (χ2n) is 4.65. The van der Waals surface area contributed by atoms with Gasteiger partial charge in [0.05, 0.1) is 0 Å². The van der Waals surface area contributed by atoms with Crippen LogP contribution >= 0.6 is 12.2 Å². The molecule has 2 aromatic carbocycles. The zero-order valence-electron chi connectivity index (χ0n) is 11.6. The topological polar surface area (TPSA) is 38.0 Å². The van der Waals surface area contributed by atoms with Gasteiger partial charge < -0.3 is 11.1 Å². The minimum Gasteiger partial charge on any atom is -0.389 e. The Morgan fingerprint density at radius 3 is 2.24 bits per heavy atom. The molecule has 0 aliphatic carbocycles. The highest BCUT2D eigenvalue weighted by molar-refractivity contribution is 7.80. The highest BCUT2D eigenvalue weighted by Crippen LogP contribution is 2.22. The molecule has 2 aromatic rings. The molecule has 0 heterocycles. The van der Waals surface area contributed by atoms with Crippen molar-refractivity contribution >= 4 is 22.9 Å². The van der Waals surface area contributed by atoms with Crippen LogP contribution in [-0.4, -0.2) is 4.99 Å². The van der Waals surface area contributed by atoms with Crippen molar-refractivity contribution in [3.63, 3.8) is 0 Å². The Kier molecular flexibility index (Phi) is 4.85. The number of hydrogen-bond acceptors (Lipinski definition) is 2. The van der Waals surface area contributed by atoms with Crippen LogP contribution in [0.15, 0.2) is 36.4 Å². The lowest BCUT2D eigenvalue weighted by molar-refractivity contribution is 0.587. The van der Waals surface area contributed by atoms with Crippen molar-refractivity contribution in [2.75, 3.05) is 5.32 Å². The first-order valence-corrected chi connectivity index (χ1v) is 7.03. The second-order valence-corrected chi connectivity index (χ2v) is 5.09. The number of nitrogens with one attached hydrogen (secondary N) is 1. The minimum atomic E-state index is -0.702. The average molecular weight is 306 g/mol. The number of rotatable bonds is 5. The van der Waals surface area contributed by atoms with Gasteiger partial charge in [-0.3, -0.25) is 0 Å². The van der Waals surface area contributed by atoms with E-state index in [1.54, 1.807) is 0 Å². The molecule has 0 aromatic heterocycles. The minimum absolute atomic E-state index is 0.0318. The number of hydrogen-bond donors (Lipinski definition) is 2. The molecule has 2 nitrogen and oxygen atoms in total. The molecular formula is C16H16F2N2S. The van der Waals surface area contributed by atoms with Gasteiger partial charge in [0.25, 0.3) is 0 Å². The first-order chi connectivity index (χ1) is 10.0. The van der Waals surface area contributed by atoms with Gasteiger partial charge in [-0.2, -0.15) is 0 Å². The molecule has 0 bridgehead atoms. The van der Waals surface area contributed by atoms with Crippen LogP contribution in [0.4, 0.5) is 14.5 Å². The zero-order chi connectivity index (χ0) is 15.4. The van der Waals surface area contributed by atoms with E-state index in [1.807, 2.05) is 31.2 Å². The van der Waals surface area contributed by atoms with E-state index in [0.717, 1.165) is 29.7 Å². The Morgan fingerprint density at radius 2 is 1.71 bits per heavy atom. The Balaban J connectivity index is 2.22. The molecule has 0 saturated heterocycles. The van der Waals surface area contributed by atoms with Crippen LogP contribution in [-0.2, 0) is 13.0 Å². The summed E-state index contributed by atoms with van der Waals surface area (Å²) in [5.74, 6) is -1.40. The third kappa shape index (κ3) is 3.55. The van der Waals surface area contributed by atoms with E-state index in [4.69, 9.17) is 18.0 Å². The Labute approximate surface area is 128 Å². The summed E-state index contributed by atoms with van der Waals surface area (Å²) in [6, 6.07) is 10.1. The summed E-state index contributed by atoms with van der Waals surface area (Å²) in [4.78, 5) is -0.0318. The summed E-state index contributed by atoms with van der Waals surface area (Å²) < 4.78 is 27.9. The molecule has 5 heteroatoms. The van der Waals surface area contributed by atoms with E-state index >= 15 is 0 Å². The van der Waals surface area contributed by atoms with Crippen LogP contribution < -0.4 is 11.1 Å². The van der Waals surface area contributed by atoms with Gasteiger partial charge in [-0.15, -0.1) is 0 Å². The molecule has 0 atom stereocenters. The fraction of sp³-hybridized carbons (Fsp3) is 0.188. The molecule has 0 spiro atoms. The van der Waals surface area contributed by atoms with Gasteiger partial charge in [0, 0.05) is 12.1 Å². The molecule has 2 rings (SSSR count). The Hall–Kier alpha value is -2.01. The van der Waals surface area contributed by atoms with Crippen LogP contribution in [0.2, 0.25) is 0 Å². The monoisotopic (exact) mass is 306 g/mol. The van der Waals surface area contributed by atoms with Crippen LogP contribution in [0.1, 0.15) is 23.6 Å². The summed E-state index contributed by atoms with van der Waals surface area (Å²) in [6.07, 6.45) is 0.864. The number of nitrogens with two attached hydrogens (primary N) is 1. The summed E-state index contributed by atoms with van der Waals surface area (Å²) >= 11 is 4.72. The molecule has 21 heavy (non-hydrogen) atoms. The summed E-state index contributed by atoms with van der Waals surface area (Å²) in [7, 11) is 0. The van der Waals surface area contributed by atoms with Crippen LogP contribution in [0.3, 0.4) is 0 Å². The quantitative estimate of drug-likeness (QED) is 0.826. The fourth-order valence-corrected chi connectivity index (χ4v) is 2.26. The standard InChI is InChI=1S/C16H16F2N2S/c1-2-10-5-3-4-6-11(10)9-20-15-13(17)7-12(16(19)21)8-14(15)18/h3-8,20H,2,9H2,1H3,(H2,19,21). The van der Waals surface area contributed by atoms with Gasteiger partial charge in [0.15, 0.2) is 0 Å². The molecular weight excluding hydrogens is 290 g/mol. The molecule has 110 valence electrons. The lowest BCUT2D eigenvalue weighted by atomic mass is 10.1. The van der Waals surface area contributed by atoms with Crippen molar-refractivity contribution in [3.8, 4) is 0 Å². The van der Waals surface area contributed by atoms with Crippen molar-refractivity contribution in [1.29, 1.82) is 0 Å². The van der Waals surface area contributed by atoms with Crippen molar-refractivity contribution in [2.45, 2.75) is 19.9 Å². The molecule has 0 unspecified atom stereocenters. The smallest absolute Gasteiger partial charge is 0.150 e. The first kappa shape index (κ1) is 15.4. The zero-order valence-corrected chi connectivity index (χ0v) is 12.4. The van der Waals surface area contributed by atoms with E-state index in [2.05, 4.69) is 5.32 Å². The Bertz CT molecular complexity index is 648. The molecule has 0 fully saturated rings. The normalized spacial score (nSPS) is 10.4. The van der Waals surface area contributed by atoms with E-state index in [0.29, 0.717) is 6.54 Å². The SMILES string of the molecule is CCc1ccccc1CNc1c(F)cc(C(N)=S)cc1F. The van der Waals surface area contributed by atoms with Gasteiger partial charge in [0.2, 0.25) is 0 Å². The maximum Gasteiger partial charge on any atom is 0.150 e. The molecule has 3 N–H and O–H groups in total. The first-order valence-electron chi connectivity index (χ1n) is 6.62. The predicted octanol–water partition coefficient (Wildman–Crippen LogP) is 3.77. The number of anilines is 1. The van der Waals surface area contributed by atoms with E-state index in [-0.39, 0.29) is 16.2 Å². The average Bonchev–Trinajstić information content (AvgIpc) is 2.46. The molecule has 0 aliphatic rings. The van der Waals surface area contributed by atoms with E-state index in [1.165, 1.54) is 0 Å². The van der Waals surface area contributed by atoms with Gasteiger partial charge in [-0.05, 0) is 29.7 Å². The van der Waals surface area contributed by atoms with Crippen LogP contribution in [0.5, 0.6) is 0 Å². The second kappa shape index (κ2) is 6.63. The molecule has 0 saturated carbocycles. The van der Waals surface area contributed by atoms with E-state index < -0.39 is 11.6 Å². The number of thiocarbonyl (C=S) groups is 1. The third-order valence-electron chi connectivity index (χ3n) is 3.28. The Morgan fingerprint density at radius 1 is 1.14 bits per heavy atom. The fourth-order valence-electron chi connectivity index (χ4n) is 2.14. The van der Waals surface area contributed by atoms with Crippen LogP contribution in [0.25, 0.3) is 0 Å². The molecule has 0 radical (unpaired) electrons. The van der Waals surface area contributed by atoms with Crippen molar-refractivity contribution in [1.82, 2.24) is 0 Å². The number of halogens is 2. The number of aryl methyl sites for hydroxylation is 1. The summed E-state index contributed by atoms with van der Waals surface area (Å²) in [5.41, 5.74) is 7.55. The predicted molar refractivity (Wildman–Crippen MR) is 85.4 cm³/mol. The van der Waals surface area contributed by atoms with Crippen molar-refractivity contribution < 1.29 is 8.78 Å². The highest BCUT2D eigenvalue weighted by atomic mass is 32.1. The highest BCUT2D eigenvalue weighted by Gasteiger charge is 2.12. The molecule has 0 amide bonds. The van der Waals surface area contributed by atoms with Crippen molar-refractivity contribution in [2.24, 2.45) is 5.73 Å². The van der Waals surface area contributed by atoms with Gasteiger partial charge in [-0.1, -0.05) is 43.4 Å². The molecule has 0 aliphatic heterocycles. The lowest BCUT2D eigenvalue weighted by Crippen LogP contribution is -2.12. The summed E-state index contributed by atoms with van der Waals surface area (Å²) in [6.45, 7) is 2.39. The largest absolute Gasteiger partial charge is 0.389 e. The van der Waals surface area contributed by atoms with Gasteiger partial charge >= 0.3 is 0 Å². The van der Waals surface area contributed by atoms with Gasteiger partial charge in [0.1, 0.15) is 22.3 Å². The summed E-state index contributed by atoms with van der Waals surface area (Å²) in [5, 5.41) is 2.80. The van der Waals surface area contributed by atoms with Crippen LogP contribution in [0, 0.1) is 11.6 Å². The van der Waals surface area contributed by atoms with E-state index in [9.17, 15) is 8.78 Å². The van der Waals surface area contributed by atoms with Crippen molar-refractivity contribution in [3.05, 3.63) is 64.7 Å². The maximum absolute atomic E-state index is 13.9. The lowest BCUT2D eigenvalue weighted by Gasteiger charge is -2.12. The maximum atomic E-state index is 13.9. The number of benzene rings is 2.